The molecule has 98 valence electrons. The highest BCUT2D eigenvalue weighted by Gasteiger charge is 2.12. The van der Waals surface area contributed by atoms with Crippen molar-refractivity contribution in [1.82, 2.24) is 4.57 Å². The van der Waals surface area contributed by atoms with Crippen LogP contribution in [0, 0.1) is 0 Å². The first-order valence-electron chi connectivity index (χ1n) is 5.44. The maximum atomic E-state index is 12.0. The van der Waals surface area contributed by atoms with Crippen molar-refractivity contribution in [1.29, 1.82) is 0 Å². The number of nitrogens with one attached hydrogen (secondary N) is 1. The van der Waals surface area contributed by atoms with E-state index in [4.69, 9.17) is 11.6 Å². The van der Waals surface area contributed by atoms with Crippen LogP contribution >= 0.6 is 11.6 Å². The molecule has 0 aliphatic rings. The van der Waals surface area contributed by atoms with Gasteiger partial charge in [0, 0.05) is 24.3 Å². The topological polar surface area (TPSA) is 71.3 Å². The third kappa shape index (κ3) is 2.95. The number of aromatic nitrogens is 1. The Labute approximate surface area is 114 Å². The number of carbonyl (C=O) groups is 1. The molecule has 2 N–H and O–H groups in total. The highest BCUT2D eigenvalue weighted by Crippen LogP contribution is 2.22. The van der Waals surface area contributed by atoms with Gasteiger partial charge >= 0.3 is 0 Å². The molecule has 0 aliphatic heterocycles. The fraction of sp³-hybridized carbons (Fsp3) is 0.0769. The van der Waals surface area contributed by atoms with Gasteiger partial charge in [-0.25, -0.2) is 0 Å². The van der Waals surface area contributed by atoms with Gasteiger partial charge in [0.15, 0.2) is 0 Å². The van der Waals surface area contributed by atoms with Crippen molar-refractivity contribution >= 4 is 23.2 Å². The first kappa shape index (κ1) is 13.2. The van der Waals surface area contributed by atoms with Crippen LogP contribution in [-0.4, -0.2) is 15.6 Å². The number of hydrogen-bond donors (Lipinski definition) is 2. The number of rotatable bonds is 2. The molecule has 0 spiro atoms. The highest BCUT2D eigenvalue weighted by molar-refractivity contribution is 6.31. The molecule has 0 saturated heterocycles. The molecule has 1 aromatic carbocycles. The van der Waals surface area contributed by atoms with E-state index in [1.165, 1.54) is 41.1 Å². The fourth-order valence-corrected chi connectivity index (χ4v) is 1.73. The van der Waals surface area contributed by atoms with Gasteiger partial charge < -0.3 is 15.0 Å². The largest absolute Gasteiger partial charge is 0.507 e. The molecule has 19 heavy (non-hydrogen) atoms. The van der Waals surface area contributed by atoms with Gasteiger partial charge in [-0.3, -0.25) is 9.59 Å². The number of aryl methyl sites for hydroxylation is 1. The number of pyridine rings is 1. The SMILES string of the molecule is Cn1cc(NC(=O)c2cc(Cl)ccc2O)ccc1=O. The first-order valence-corrected chi connectivity index (χ1v) is 5.82. The quantitative estimate of drug-likeness (QED) is 0.882. The summed E-state index contributed by atoms with van der Waals surface area (Å²) in [5.41, 5.74) is 0.344. The summed E-state index contributed by atoms with van der Waals surface area (Å²) in [7, 11) is 1.58. The zero-order chi connectivity index (χ0) is 14.0. The van der Waals surface area contributed by atoms with Crippen LogP contribution in [0.4, 0.5) is 5.69 Å². The van der Waals surface area contributed by atoms with E-state index in [2.05, 4.69) is 5.32 Å². The summed E-state index contributed by atoms with van der Waals surface area (Å²) in [5, 5.41) is 12.5. The second-order valence-electron chi connectivity index (χ2n) is 3.98. The normalized spacial score (nSPS) is 10.2. The van der Waals surface area contributed by atoms with E-state index in [9.17, 15) is 14.7 Å². The zero-order valence-electron chi connectivity index (χ0n) is 10.1. The molecule has 1 amide bonds. The second kappa shape index (κ2) is 5.16. The Morgan fingerprint density at radius 1 is 1.32 bits per heavy atom. The maximum absolute atomic E-state index is 12.0. The van der Waals surface area contributed by atoms with Crippen LogP contribution in [0.3, 0.4) is 0 Å². The van der Waals surface area contributed by atoms with Crippen molar-refractivity contribution in [3.05, 3.63) is 57.5 Å². The molecule has 1 heterocycles. The Morgan fingerprint density at radius 3 is 2.74 bits per heavy atom. The average molecular weight is 279 g/mol. The van der Waals surface area contributed by atoms with Gasteiger partial charge in [0.1, 0.15) is 5.75 Å². The molecule has 6 heteroatoms. The zero-order valence-corrected chi connectivity index (χ0v) is 10.8. The lowest BCUT2D eigenvalue weighted by Crippen LogP contribution is -2.18. The molecule has 0 atom stereocenters. The fourth-order valence-electron chi connectivity index (χ4n) is 1.56. The molecule has 0 radical (unpaired) electrons. The minimum Gasteiger partial charge on any atom is -0.507 e. The van der Waals surface area contributed by atoms with E-state index < -0.39 is 5.91 Å². The van der Waals surface area contributed by atoms with E-state index in [1.807, 2.05) is 0 Å². The van der Waals surface area contributed by atoms with Gasteiger partial charge in [-0.15, -0.1) is 0 Å². The van der Waals surface area contributed by atoms with E-state index in [1.54, 1.807) is 7.05 Å². The van der Waals surface area contributed by atoms with Crippen LogP contribution < -0.4 is 10.9 Å². The Balaban J connectivity index is 2.28. The average Bonchev–Trinajstić information content (AvgIpc) is 2.36. The lowest BCUT2D eigenvalue weighted by molar-refractivity contribution is 0.102. The third-order valence-corrected chi connectivity index (χ3v) is 2.78. The number of phenolic OH excluding ortho intramolecular Hbond substituents is 1. The van der Waals surface area contributed by atoms with Crippen LogP contribution in [0.15, 0.2) is 41.3 Å². The molecular formula is C13H11ClN2O3. The van der Waals surface area contributed by atoms with Gasteiger partial charge in [-0.2, -0.15) is 0 Å². The van der Waals surface area contributed by atoms with Crippen molar-refractivity contribution in [3.63, 3.8) is 0 Å². The minimum atomic E-state index is -0.501. The van der Waals surface area contributed by atoms with E-state index in [0.29, 0.717) is 10.7 Å². The van der Waals surface area contributed by atoms with Crippen molar-refractivity contribution in [3.8, 4) is 5.75 Å². The highest BCUT2D eigenvalue weighted by atomic mass is 35.5. The van der Waals surface area contributed by atoms with E-state index in [0.717, 1.165) is 0 Å². The molecule has 0 aliphatic carbocycles. The van der Waals surface area contributed by atoms with Crippen molar-refractivity contribution < 1.29 is 9.90 Å². The number of phenols is 1. The van der Waals surface area contributed by atoms with E-state index >= 15 is 0 Å². The first-order chi connectivity index (χ1) is 8.97. The summed E-state index contributed by atoms with van der Waals surface area (Å²) in [4.78, 5) is 23.2. The van der Waals surface area contributed by atoms with Crippen molar-refractivity contribution in [2.45, 2.75) is 0 Å². The monoisotopic (exact) mass is 278 g/mol. The number of nitrogens with zero attached hydrogens (tertiary/aromatic N) is 1. The van der Waals surface area contributed by atoms with E-state index in [-0.39, 0.29) is 16.9 Å². The van der Waals surface area contributed by atoms with Gasteiger partial charge in [-0.1, -0.05) is 11.6 Å². The Kier molecular flexibility index (Phi) is 3.57. The van der Waals surface area contributed by atoms with Crippen LogP contribution in [0.25, 0.3) is 0 Å². The van der Waals surface area contributed by atoms with Gasteiger partial charge in [0.2, 0.25) is 5.56 Å². The Hall–Kier alpha value is -2.27. The lowest BCUT2D eigenvalue weighted by Gasteiger charge is -2.08. The van der Waals surface area contributed by atoms with Crippen LogP contribution in [0.2, 0.25) is 5.02 Å². The number of benzene rings is 1. The third-order valence-electron chi connectivity index (χ3n) is 2.55. The molecule has 0 unspecified atom stereocenters. The second-order valence-corrected chi connectivity index (χ2v) is 4.42. The predicted octanol–water partition coefficient (Wildman–Crippen LogP) is 2.00. The molecule has 0 fully saturated rings. The number of carbonyl (C=O) groups excluding carboxylic acids is 1. The molecule has 0 saturated carbocycles. The van der Waals surface area contributed by atoms with Crippen molar-refractivity contribution in [2.75, 3.05) is 5.32 Å². The smallest absolute Gasteiger partial charge is 0.259 e. The molecule has 5 nitrogen and oxygen atoms in total. The number of hydrogen-bond acceptors (Lipinski definition) is 3. The van der Waals surface area contributed by atoms with Gasteiger partial charge in [-0.05, 0) is 24.3 Å². The Bertz CT molecular complexity index is 695. The summed E-state index contributed by atoms with van der Waals surface area (Å²) >= 11 is 5.77. The van der Waals surface area contributed by atoms with Crippen LogP contribution in [-0.2, 0) is 7.05 Å². The van der Waals surface area contributed by atoms with Crippen molar-refractivity contribution in [2.24, 2.45) is 7.05 Å². The predicted molar refractivity (Wildman–Crippen MR) is 72.8 cm³/mol. The summed E-state index contributed by atoms with van der Waals surface area (Å²) in [6.45, 7) is 0. The maximum Gasteiger partial charge on any atom is 0.259 e. The summed E-state index contributed by atoms with van der Waals surface area (Å²) in [6, 6.07) is 7.03. The standard InChI is InChI=1S/C13H11ClN2O3/c1-16-7-9(3-5-12(16)18)15-13(19)10-6-8(14)2-4-11(10)17/h2-7,17H,1H3,(H,15,19). The van der Waals surface area contributed by atoms with Crippen LogP contribution in [0.5, 0.6) is 5.75 Å². The number of anilines is 1. The summed E-state index contributed by atoms with van der Waals surface area (Å²) in [6.07, 6.45) is 1.49. The van der Waals surface area contributed by atoms with Gasteiger partial charge in [0.25, 0.3) is 5.91 Å². The molecule has 0 bridgehead atoms. The summed E-state index contributed by atoms with van der Waals surface area (Å²) in [5.74, 6) is -0.662. The van der Waals surface area contributed by atoms with Crippen LogP contribution in [0.1, 0.15) is 10.4 Å². The minimum absolute atomic E-state index is 0.0707. The molecule has 2 aromatic rings. The lowest BCUT2D eigenvalue weighted by atomic mass is 10.2. The molecular weight excluding hydrogens is 268 g/mol. The number of aromatic hydroxyl groups is 1. The van der Waals surface area contributed by atoms with Gasteiger partial charge in [0.05, 0.1) is 11.3 Å². The number of halogens is 1. The molecule has 1 aromatic heterocycles. The summed E-state index contributed by atoms with van der Waals surface area (Å²) < 4.78 is 1.34. The molecule has 2 rings (SSSR count). The number of amides is 1. The Morgan fingerprint density at radius 2 is 2.05 bits per heavy atom.